The van der Waals surface area contributed by atoms with Gasteiger partial charge in [-0.15, -0.1) is 5.10 Å². The van der Waals surface area contributed by atoms with Crippen LogP contribution in [0.4, 0.5) is 0 Å². The predicted molar refractivity (Wildman–Crippen MR) is 85.4 cm³/mol. The van der Waals surface area contributed by atoms with Crippen LogP contribution in [-0.2, 0) is 11.3 Å². The molecule has 0 spiro atoms. The van der Waals surface area contributed by atoms with Crippen LogP contribution in [0.2, 0.25) is 0 Å². The molecule has 1 amide bonds. The van der Waals surface area contributed by atoms with Gasteiger partial charge in [0, 0.05) is 6.54 Å². The lowest BCUT2D eigenvalue weighted by Crippen LogP contribution is -2.33. The first-order valence-corrected chi connectivity index (χ1v) is 7.35. The van der Waals surface area contributed by atoms with E-state index in [1.54, 1.807) is 0 Å². The van der Waals surface area contributed by atoms with Crippen LogP contribution in [0.15, 0.2) is 60.9 Å². The Labute approximate surface area is 134 Å². The summed E-state index contributed by atoms with van der Waals surface area (Å²) < 4.78 is 1.46. The lowest BCUT2D eigenvalue weighted by atomic mass is 10.1. The molecule has 6 heteroatoms. The molecule has 1 atom stereocenters. The maximum Gasteiger partial charge on any atom is 0.249 e. The summed E-state index contributed by atoms with van der Waals surface area (Å²) in [5.74, 6) is -0.149. The van der Waals surface area contributed by atoms with Crippen LogP contribution >= 0.6 is 0 Å². The van der Waals surface area contributed by atoms with Crippen LogP contribution in [0.3, 0.4) is 0 Å². The second-order valence-corrected chi connectivity index (χ2v) is 5.31. The number of carbonyl (C=O) groups excluding carboxylic acids is 1. The normalized spacial score (nSPS) is 11.9. The lowest BCUT2D eigenvalue weighted by molar-refractivity contribution is -0.123. The molecule has 3 aromatic rings. The molecular weight excluding hydrogens is 290 g/mol. The highest BCUT2D eigenvalue weighted by molar-refractivity contribution is 5.83. The van der Waals surface area contributed by atoms with Gasteiger partial charge in [0.1, 0.15) is 6.33 Å². The summed E-state index contributed by atoms with van der Waals surface area (Å²) in [4.78, 5) is 12.7. The van der Waals surface area contributed by atoms with Crippen LogP contribution in [0, 0.1) is 6.92 Å². The second-order valence-electron chi connectivity index (χ2n) is 5.31. The van der Waals surface area contributed by atoms with Gasteiger partial charge in [-0.1, -0.05) is 60.2 Å². The molecule has 2 aromatic carbocycles. The molecule has 0 aliphatic rings. The van der Waals surface area contributed by atoms with Crippen molar-refractivity contribution in [3.05, 3.63) is 77.6 Å². The van der Waals surface area contributed by atoms with E-state index >= 15 is 0 Å². The minimum atomic E-state index is -0.586. The Bertz CT molecular complexity index is 753. The molecule has 0 aliphatic heterocycles. The highest BCUT2D eigenvalue weighted by atomic mass is 16.2. The number of carbonyl (C=O) groups is 1. The number of rotatable bonds is 5. The molecule has 3 rings (SSSR count). The first-order chi connectivity index (χ1) is 11.2. The van der Waals surface area contributed by atoms with Crippen molar-refractivity contribution in [3.63, 3.8) is 0 Å². The summed E-state index contributed by atoms with van der Waals surface area (Å²) in [6, 6.07) is 16.9. The molecule has 1 N–H and O–H groups in total. The topological polar surface area (TPSA) is 72.7 Å². The Hall–Kier alpha value is -3.02. The van der Waals surface area contributed by atoms with E-state index < -0.39 is 6.04 Å². The van der Waals surface area contributed by atoms with Gasteiger partial charge in [0.15, 0.2) is 6.04 Å². The first-order valence-electron chi connectivity index (χ1n) is 7.35. The largest absolute Gasteiger partial charge is 0.350 e. The van der Waals surface area contributed by atoms with Gasteiger partial charge in [-0.05, 0) is 28.5 Å². The molecule has 0 aliphatic carbocycles. The monoisotopic (exact) mass is 307 g/mol. The SMILES string of the molecule is Cc1ccc(CNC(=O)[C@H](c2ccccc2)n2cnnn2)cc1. The molecule has 23 heavy (non-hydrogen) atoms. The second kappa shape index (κ2) is 6.83. The standard InChI is InChI=1S/C17H17N5O/c1-13-7-9-14(10-8-13)11-18-17(23)16(22-12-19-20-21-22)15-5-3-2-4-6-15/h2-10,12,16H,11H2,1H3,(H,18,23)/t16-/m0/s1. The first kappa shape index (κ1) is 14.9. The summed E-state index contributed by atoms with van der Waals surface area (Å²) in [6.45, 7) is 2.50. The number of tetrazole rings is 1. The van der Waals surface area contributed by atoms with E-state index in [0.717, 1.165) is 11.1 Å². The number of aromatic nitrogens is 4. The van der Waals surface area contributed by atoms with Crippen LogP contribution in [-0.4, -0.2) is 26.1 Å². The van der Waals surface area contributed by atoms with E-state index in [9.17, 15) is 4.79 Å². The number of nitrogens with zero attached hydrogens (tertiary/aromatic N) is 4. The number of amides is 1. The van der Waals surface area contributed by atoms with Crippen LogP contribution in [0.25, 0.3) is 0 Å². The minimum Gasteiger partial charge on any atom is -0.350 e. The zero-order valence-electron chi connectivity index (χ0n) is 12.8. The van der Waals surface area contributed by atoms with Gasteiger partial charge in [-0.2, -0.15) is 0 Å². The van der Waals surface area contributed by atoms with E-state index in [0.29, 0.717) is 6.54 Å². The van der Waals surface area contributed by atoms with E-state index in [-0.39, 0.29) is 5.91 Å². The van der Waals surface area contributed by atoms with Crippen LogP contribution < -0.4 is 5.32 Å². The molecule has 1 heterocycles. The average molecular weight is 307 g/mol. The Morgan fingerprint density at radius 2 is 1.87 bits per heavy atom. The van der Waals surface area contributed by atoms with E-state index in [4.69, 9.17) is 0 Å². The van der Waals surface area contributed by atoms with E-state index in [2.05, 4.69) is 20.8 Å². The number of nitrogens with one attached hydrogen (secondary N) is 1. The molecule has 1 aromatic heterocycles. The van der Waals surface area contributed by atoms with E-state index in [1.807, 2.05) is 61.5 Å². The Morgan fingerprint density at radius 1 is 1.13 bits per heavy atom. The fourth-order valence-corrected chi connectivity index (χ4v) is 2.34. The summed E-state index contributed by atoms with van der Waals surface area (Å²) in [7, 11) is 0. The number of hydrogen-bond donors (Lipinski definition) is 1. The summed E-state index contributed by atoms with van der Waals surface area (Å²) in [5.41, 5.74) is 3.07. The van der Waals surface area contributed by atoms with Gasteiger partial charge in [-0.3, -0.25) is 4.79 Å². The molecule has 0 saturated heterocycles. The third kappa shape index (κ3) is 3.60. The van der Waals surface area contributed by atoms with Crippen molar-refractivity contribution in [3.8, 4) is 0 Å². The van der Waals surface area contributed by atoms with Crippen molar-refractivity contribution in [1.29, 1.82) is 0 Å². The fraction of sp³-hybridized carbons (Fsp3) is 0.176. The summed E-state index contributed by atoms with van der Waals surface area (Å²) in [5, 5.41) is 14.1. The zero-order valence-corrected chi connectivity index (χ0v) is 12.8. The molecule has 0 saturated carbocycles. The Kier molecular flexibility index (Phi) is 4.42. The van der Waals surface area contributed by atoms with Gasteiger partial charge in [0.25, 0.3) is 0 Å². The van der Waals surface area contributed by atoms with Gasteiger partial charge < -0.3 is 5.32 Å². The number of aryl methyl sites for hydroxylation is 1. The maximum absolute atomic E-state index is 12.7. The van der Waals surface area contributed by atoms with E-state index in [1.165, 1.54) is 16.6 Å². The van der Waals surface area contributed by atoms with Crippen molar-refractivity contribution in [2.45, 2.75) is 19.5 Å². The number of hydrogen-bond acceptors (Lipinski definition) is 4. The minimum absolute atomic E-state index is 0.149. The Balaban J connectivity index is 1.77. The predicted octanol–water partition coefficient (Wildman–Crippen LogP) is 1.89. The molecule has 0 fully saturated rings. The highest BCUT2D eigenvalue weighted by Crippen LogP contribution is 2.17. The highest BCUT2D eigenvalue weighted by Gasteiger charge is 2.23. The molecule has 0 unspecified atom stereocenters. The van der Waals surface area contributed by atoms with Crippen LogP contribution in [0.1, 0.15) is 22.7 Å². The van der Waals surface area contributed by atoms with Gasteiger partial charge >= 0.3 is 0 Å². The van der Waals surface area contributed by atoms with Gasteiger partial charge in [0.2, 0.25) is 5.91 Å². The maximum atomic E-state index is 12.7. The fourth-order valence-electron chi connectivity index (χ4n) is 2.34. The van der Waals surface area contributed by atoms with Crippen molar-refractivity contribution in [2.75, 3.05) is 0 Å². The van der Waals surface area contributed by atoms with Crippen molar-refractivity contribution in [2.24, 2.45) is 0 Å². The molecule has 0 radical (unpaired) electrons. The van der Waals surface area contributed by atoms with Crippen molar-refractivity contribution >= 4 is 5.91 Å². The Morgan fingerprint density at radius 3 is 2.52 bits per heavy atom. The summed E-state index contributed by atoms with van der Waals surface area (Å²) in [6.07, 6.45) is 1.45. The molecule has 116 valence electrons. The third-order valence-electron chi connectivity index (χ3n) is 3.58. The quantitative estimate of drug-likeness (QED) is 0.781. The average Bonchev–Trinajstić information content (AvgIpc) is 3.10. The molecular formula is C17H17N5O. The lowest BCUT2D eigenvalue weighted by Gasteiger charge is -2.16. The van der Waals surface area contributed by atoms with Crippen molar-refractivity contribution in [1.82, 2.24) is 25.5 Å². The van der Waals surface area contributed by atoms with Crippen LogP contribution in [0.5, 0.6) is 0 Å². The third-order valence-corrected chi connectivity index (χ3v) is 3.58. The smallest absolute Gasteiger partial charge is 0.249 e. The molecule has 0 bridgehead atoms. The van der Waals surface area contributed by atoms with Gasteiger partial charge in [-0.25, -0.2) is 4.68 Å². The van der Waals surface area contributed by atoms with Gasteiger partial charge in [0.05, 0.1) is 0 Å². The zero-order chi connectivity index (χ0) is 16.1. The number of benzene rings is 2. The molecule has 6 nitrogen and oxygen atoms in total. The van der Waals surface area contributed by atoms with Crippen molar-refractivity contribution < 1.29 is 4.79 Å². The summed E-state index contributed by atoms with van der Waals surface area (Å²) >= 11 is 0.